The van der Waals surface area contributed by atoms with Crippen LogP contribution in [0.1, 0.15) is 20.3 Å². The molecule has 0 aromatic carbocycles. The van der Waals surface area contributed by atoms with Gasteiger partial charge in [-0.3, -0.25) is 4.79 Å². The lowest BCUT2D eigenvalue weighted by Gasteiger charge is -2.40. The van der Waals surface area contributed by atoms with E-state index in [-0.39, 0.29) is 17.3 Å². The van der Waals surface area contributed by atoms with Gasteiger partial charge in [0.05, 0.1) is 5.92 Å². The number of carbonyl (C=O) groups is 2. The number of aliphatic carboxylic acids is 1. The number of hydrogen-bond donors (Lipinski definition) is 1. The van der Waals surface area contributed by atoms with Crippen LogP contribution in [0.5, 0.6) is 0 Å². The molecule has 1 saturated heterocycles. The van der Waals surface area contributed by atoms with Gasteiger partial charge in [0.15, 0.2) is 0 Å². The van der Waals surface area contributed by atoms with Crippen molar-refractivity contribution >= 4 is 11.9 Å². The molecule has 0 aromatic rings. The number of rotatable bonds is 2. The number of cyclic esters (lactones) is 1. The van der Waals surface area contributed by atoms with Gasteiger partial charge in [-0.25, -0.2) is 4.79 Å². The maximum Gasteiger partial charge on any atom is 0.327 e. The fourth-order valence-corrected chi connectivity index (χ4v) is 2.96. The molecule has 1 aliphatic heterocycles. The molecule has 0 saturated carbocycles. The van der Waals surface area contributed by atoms with Crippen molar-refractivity contribution in [3.8, 4) is 0 Å². The Bertz CT molecular complexity index is 423. The first-order valence-corrected chi connectivity index (χ1v) is 5.64. The average Bonchev–Trinajstić information content (AvgIpc) is 2.54. The summed E-state index contributed by atoms with van der Waals surface area (Å²) in [5.74, 6) is -1.51. The Kier molecular flexibility index (Phi) is 2.60. The van der Waals surface area contributed by atoms with Crippen molar-refractivity contribution < 1.29 is 19.4 Å². The lowest BCUT2D eigenvalue weighted by molar-refractivity contribution is -0.144. The van der Waals surface area contributed by atoms with Crippen LogP contribution in [0.4, 0.5) is 0 Å². The molecule has 0 unspecified atom stereocenters. The first kappa shape index (κ1) is 11.9. The van der Waals surface area contributed by atoms with Crippen molar-refractivity contribution in [1.29, 1.82) is 0 Å². The predicted octanol–water partition coefficient (Wildman–Crippen LogP) is 1.77. The molecule has 2 rings (SSSR count). The minimum atomic E-state index is -0.992. The van der Waals surface area contributed by atoms with Gasteiger partial charge in [0.1, 0.15) is 6.61 Å². The summed E-state index contributed by atoms with van der Waals surface area (Å²) in [7, 11) is 0. The van der Waals surface area contributed by atoms with Crippen LogP contribution >= 0.6 is 0 Å². The van der Waals surface area contributed by atoms with E-state index in [0.717, 1.165) is 6.08 Å². The highest BCUT2D eigenvalue weighted by molar-refractivity contribution is 5.81. The molecule has 92 valence electrons. The van der Waals surface area contributed by atoms with Gasteiger partial charge < -0.3 is 9.84 Å². The zero-order valence-electron chi connectivity index (χ0n) is 9.97. The van der Waals surface area contributed by atoms with E-state index >= 15 is 0 Å². The summed E-state index contributed by atoms with van der Waals surface area (Å²) in [6.07, 6.45) is 7.41. The van der Waals surface area contributed by atoms with E-state index < -0.39 is 11.4 Å². The van der Waals surface area contributed by atoms with Crippen molar-refractivity contribution in [1.82, 2.24) is 0 Å². The first-order chi connectivity index (χ1) is 7.87. The van der Waals surface area contributed by atoms with E-state index in [1.165, 1.54) is 0 Å². The lowest BCUT2D eigenvalue weighted by Crippen LogP contribution is -2.41. The third-order valence-electron chi connectivity index (χ3n) is 3.74. The molecule has 4 nitrogen and oxygen atoms in total. The Balaban J connectivity index is 2.38. The fraction of sp³-hybridized carbons (Fsp3) is 0.538. The SMILES string of the molecule is C[C@]1(/C=C/C(=O)O)CC=C[C@]2(C)COC(=O)[C@@H]12. The van der Waals surface area contributed by atoms with Crippen LogP contribution in [-0.2, 0) is 14.3 Å². The van der Waals surface area contributed by atoms with Gasteiger partial charge in [-0.15, -0.1) is 0 Å². The Morgan fingerprint density at radius 3 is 2.94 bits per heavy atom. The van der Waals surface area contributed by atoms with Crippen LogP contribution in [-0.4, -0.2) is 23.7 Å². The van der Waals surface area contributed by atoms with E-state index in [1.807, 2.05) is 26.0 Å². The van der Waals surface area contributed by atoms with E-state index in [2.05, 4.69) is 0 Å². The number of esters is 1. The number of carbonyl (C=O) groups excluding carboxylic acids is 1. The van der Waals surface area contributed by atoms with Gasteiger partial charge in [0, 0.05) is 16.9 Å². The third kappa shape index (κ3) is 1.88. The van der Waals surface area contributed by atoms with Crippen LogP contribution in [0.3, 0.4) is 0 Å². The quantitative estimate of drug-likeness (QED) is 0.451. The second-order valence-corrected chi connectivity index (χ2v) is 5.33. The van der Waals surface area contributed by atoms with Crippen LogP contribution in [0.2, 0.25) is 0 Å². The molecule has 0 radical (unpaired) electrons. The molecule has 4 heteroatoms. The minimum Gasteiger partial charge on any atom is -0.478 e. The summed E-state index contributed by atoms with van der Waals surface area (Å²) in [6.45, 7) is 4.26. The second-order valence-electron chi connectivity index (χ2n) is 5.33. The molecule has 0 spiro atoms. The summed E-state index contributed by atoms with van der Waals surface area (Å²) in [5, 5.41) is 8.71. The molecule has 0 amide bonds. The largest absolute Gasteiger partial charge is 0.478 e. The van der Waals surface area contributed by atoms with Crippen molar-refractivity contribution in [2.45, 2.75) is 20.3 Å². The fourth-order valence-electron chi connectivity index (χ4n) is 2.96. The number of hydrogen-bond acceptors (Lipinski definition) is 3. The van der Waals surface area contributed by atoms with Gasteiger partial charge in [-0.1, -0.05) is 32.1 Å². The Morgan fingerprint density at radius 1 is 1.59 bits per heavy atom. The molecule has 1 aliphatic carbocycles. The Labute approximate surface area is 100.0 Å². The van der Waals surface area contributed by atoms with Crippen molar-refractivity contribution in [3.63, 3.8) is 0 Å². The Morgan fingerprint density at radius 2 is 2.29 bits per heavy atom. The number of ether oxygens (including phenoxy) is 1. The molecule has 0 bridgehead atoms. The highest BCUT2D eigenvalue weighted by atomic mass is 16.5. The minimum absolute atomic E-state index is 0.227. The van der Waals surface area contributed by atoms with Crippen LogP contribution in [0, 0.1) is 16.7 Å². The van der Waals surface area contributed by atoms with Crippen molar-refractivity contribution in [3.05, 3.63) is 24.3 Å². The molecule has 2 aliphatic rings. The zero-order valence-corrected chi connectivity index (χ0v) is 9.97. The maximum absolute atomic E-state index is 11.8. The number of carboxylic acids is 1. The molecule has 1 fully saturated rings. The van der Waals surface area contributed by atoms with E-state index in [1.54, 1.807) is 6.08 Å². The molecular formula is C13H16O4. The van der Waals surface area contributed by atoms with E-state index in [4.69, 9.17) is 9.84 Å². The Hall–Kier alpha value is -1.58. The standard InChI is InChI=1S/C13H16O4/c1-12(7-4-9(14)15)5-3-6-13(2)8-17-11(16)10(12)13/h3-4,6-7,10H,5,8H2,1-2H3,(H,14,15)/b7-4+/t10-,12+,13+/m0/s1. The normalized spacial score (nSPS) is 40.4. The number of fused-ring (bicyclic) bond motifs is 1. The van der Waals surface area contributed by atoms with Gasteiger partial charge in [-0.2, -0.15) is 0 Å². The molecule has 1 heterocycles. The van der Waals surface area contributed by atoms with Crippen LogP contribution in [0.25, 0.3) is 0 Å². The third-order valence-corrected chi connectivity index (χ3v) is 3.74. The second kappa shape index (κ2) is 3.72. The number of allylic oxidation sites excluding steroid dienone is 2. The molecule has 1 N–H and O–H groups in total. The highest BCUT2D eigenvalue weighted by Crippen LogP contribution is 2.52. The number of carboxylic acid groups (broad SMARTS) is 1. The smallest absolute Gasteiger partial charge is 0.327 e. The van der Waals surface area contributed by atoms with Gasteiger partial charge in [0.25, 0.3) is 0 Å². The molecule has 0 aromatic heterocycles. The van der Waals surface area contributed by atoms with Gasteiger partial charge in [0.2, 0.25) is 0 Å². The first-order valence-electron chi connectivity index (χ1n) is 5.64. The summed E-state index contributed by atoms with van der Waals surface area (Å²) < 4.78 is 5.13. The predicted molar refractivity (Wildman–Crippen MR) is 61.2 cm³/mol. The van der Waals surface area contributed by atoms with Crippen molar-refractivity contribution in [2.24, 2.45) is 16.7 Å². The summed E-state index contributed by atoms with van der Waals surface area (Å²) in [5.41, 5.74) is -0.789. The zero-order chi connectivity index (χ0) is 12.7. The van der Waals surface area contributed by atoms with Crippen LogP contribution in [0.15, 0.2) is 24.3 Å². The van der Waals surface area contributed by atoms with E-state index in [0.29, 0.717) is 13.0 Å². The highest BCUT2D eigenvalue weighted by Gasteiger charge is 2.55. The summed E-state index contributed by atoms with van der Waals surface area (Å²) in [6, 6.07) is 0. The van der Waals surface area contributed by atoms with E-state index in [9.17, 15) is 9.59 Å². The van der Waals surface area contributed by atoms with Crippen molar-refractivity contribution in [2.75, 3.05) is 6.61 Å². The van der Waals surface area contributed by atoms with Crippen LogP contribution < -0.4 is 0 Å². The van der Waals surface area contributed by atoms with Gasteiger partial charge >= 0.3 is 11.9 Å². The summed E-state index contributed by atoms with van der Waals surface area (Å²) >= 11 is 0. The lowest BCUT2D eigenvalue weighted by atomic mass is 9.60. The molecular weight excluding hydrogens is 220 g/mol. The molecule has 17 heavy (non-hydrogen) atoms. The monoisotopic (exact) mass is 236 g/mol. The molecule has 3 atom stereocenters. The topological polar surface area (TPSA) is 63.6 Å². The average molecular weight is 236 g/mol. The van der Waals surface area contributed by atoms with Gasteiger partial charge in [-0.05, 0) is 6.42 Å². The maximum atomic E-state index is 11.8. The summed E-state index contributed by atoms with van der Waals surface area (Å²) in [4.78, 5) is 22.5.